The maximum atomic E-state index is 10.6. The third-order valence-electron chi connectivity index (χ3n) is 1.37. The van der Waals surface area contributed by atoms with Gasteiger partial charge in [0.1, 0.15) is 0 Å². The van der Waals surface area contributed by atoms with Crippen molar-refractivity contribution in [2.75, 3.05) is 5.73 Å². The summed E-state index contributed by atoms with van der Waals surface area (Å²) < 4.78 is 4.58. The molecule has 0 spiro atoms. The van der Waals surface area contributed by atoms with Crippen molar-refractivity contribution in [3.8, 4) is 0 Å². The molecule has 0 fully saturated rings. The highest BCUT2D eigenvalue weighted by Gasteiger charge is 2.06. The van der Waals surface area contributed by atoms with E-state index in [0.717, 1.165) is 6.42 Å². The van der Waals surface area contributed by atoms with Gasteiger partial charge in [-0.2, -0.15) is 0 Å². The zero-order chi connectivity index (χ0) is 8.43. The van der Waals surface area contributed by atoms with Crippen LogP contribution in [0.1, 0.15) is 19.5 Å². The summed E-state index contributed by atoms with van der Waals surface area (Å²) >= 11 is 0. The molecule has 0 aliphatic heterocycles. The van der Waals surface area contributed by atoms with E-state index in [0.29, 0.717) is 11.6 Å². The van der Waals surface area contributed by atoms with Crippen molar-refractivity contribution >= 4 is 5.88 Å². The van der Waals surface area contributed by atoms with E-state index in [2.05, 4.69) is 9.40 Å². The number of hydrogen-bond donors (Lipinski definition) is 2. The molecule has 0 aromatic carbocycles. The van der Waals surface area contributed by atoms with Gasteiger partial charge in [-0.05, 0) is 12.3 Å². The minimum absolute atomic E-state index is 0.212. The third kappa shape index (κ3) is 1.86. The van der Waals surface area contributed by atoms with Crippen LogP contribution >= 0.6 is 0 Å². The molecule has 0 saturated carbocycles. The molecule has 3 N–H and O–H groups in total. The molecule has 1 aromatic heterocycles. The lowest BCUT2D eigenvalue weighted by molar-refractivity contribution is 0.532. The number of nitrogens with one attached hydrogen (secondary N) is 1. The zero-order valence-electron chi connectivity index (χ0n) is 6.68. The minimum atomic E-state index is -0.474. The Bertz CT molecular complexity index is 285. The normalized spacial score (nSPS) is 10.8. The Labute approximate surface area is 64.4 Å². The predicted octanol–water partition coefficient (Wildman–Crippen LogP) is 0.749. The van der Waals surface area contributed by atoms with Crippen LogP contribution in [0.4, 0.5) is 5.88 Å². The molecule has 0 unspecified atom stereocenters. The summed E-state index contributed by atoms with van der Waals surface area (Å²) in [6.07, 6.45) is 0.748. The quantitative estimate of drug-likeness (QED) is 0.663. The van der Waals surface area contributed by atoms with E-state index in [1.54, 1.807) is 0 Å². The molecule has 62 valence electrons. The summed E-state index contributed by atoms with van der Waals surface area (Å²) in [6.45, 7) is 4.09. The van der Waals surface area contributed by atoms with Crippen LogP contribution in [0.5, 0.6) is 0 Å². The van der Waals surface area contributed by atoms with Gasteiger partial charge >= 0.3 is 5.76 Å². The van der Waals surface area contributed by atoms with Gasteiger partial charge in [-0.15, -0.1) is 0 Å². The van der Waals surface area contributed by atoms with Gasteiger partial charge in [-0.3, -0.25) is 4.98 Å². The lowest BCUT2D eigenvalue weighted by atomic mass is 10.1. The smallest absolute Gasteiger partial charge is 0.392 e. The van der Waals surface area contributed by atoms with E-state index in [-0.39, 0.29) is 5.88 Å². The first-order chi connectivity index (χ1) is 5.09. The summed E-state index contributed by atoms with van der Waals surface area (Å²) in [5.74, 6) is 0.201. The first kappa shape index (κ1) is 7.91. The van der Waals surface area contributed by atoms with Crippen LogP contribution in [0.25, 0.3) is 0 Å². The van der Waals surface area contributed by atoms with Crippen LogP contribution in [-0.4, -0.2) is 4.98 Å². The maximum absolute atomic E-state index is 10.6. The zero-order valence-corrected chi connectivity index (χ0v) is 6.68. The second-order valence-corrected chi connectivity index (χ2v) is 2.96. The standard InChI is InChI=1S/C7H12N2O2/c1-4(2)3-5-6(8)11-7(10)9-5/h4H,3,8H2,1-2H3,(H,9,10). The molecule has 4 heteroatoms. The van der Waals surface area contributed by atoms with Crippen LogP contribution in [0, 0.1) is 5.92 Å². The molecule has 0 saturated heterocycles. The van der Waals surface area contributed by atoms with Crippen molar-refractivity contribution in [3.63, 3.8) is 0 Å². The van der Waals surface area contributed by atoms with E-state index in [1.165, 1.54) is 0 Å². The van der Waals surface area contributed by atoms with Gasteiger partial charge in [0.25, 0.3) is 0 Å². The van der Waals surface area contributed by atoms with Crippen LogP contribution in [0.2, 0.25) is 0 Å². The van der Waals surface area contributed by atoms with E-state index in [1.807, 2.05) is 13.8 Å². The van der Waals surface area contributed by atoms with Gasteiger partial charge in [0.05, 0.1) is 5.69 Å². The van der Waals surface area contributed by atoms with E-state index in [9.17, 15) is 4.79 Å². The largest absolute Gasteiger partial charge is 0.418 e. The number of nitrogen functional groups attached to an aromatic ring is 1. The fourth-order valence-corrected chi connectivity index (χ4v) is 0.932. The Morgan fingerprint density at radius 1 is 1.64 bits per heavy atom. The third-order valence-corrected chi connectivity index (χ3v) is 1.37. The average molecular weight is 156 g/mol. The predicted molar refractivity (Wildman–Crippen MR) is 42.3 cm³/mol. The van der Waals surface area contributed by atoms with Crippen LogP contribution < -0.4 is 11.5 Å². The SMILES string of the molecule is CC(C)Cc1[nH]c(=O)oc1N. The second-order valence-electron chi connectivity index (χ2n) is 2.96. The molecule has 4 nitrogen and oxygen atoms in total. The molecule has 0 atom stereocenters. The second kappa shape index (κ2) is 2.82. The summed E-state index contributed by atoms with van der Waals surface area (Å²) in [7, 11) is 0. The molecule has 0 aliphatic rings. The lowest BCUT2D eigenvalue weighted by Crippen LogP contribution is -2.00. The Morgan fingerprint density at radius 2 is 2.27 bits per heavy atom. The van der Waals surface area contributed by atoms with Crippen molar-refractivity contribution in [2.24, 2.45) is 5.92 Å². The first-order valence-electron chi connectivity index (χ1n) is 3.57. The lowest BCUT2D eigenvalue weighted by Gasteiger charge is -1.99. The first-order valence-corrected chi connectivity index (χ1v) is 3.57. The fourth-order valence-electron chi connectivity index (χ4n) is 0.932. The number of aromatic amines is 1. The summed E-state index contributed by atoms with van der Waals surface area (Å²) in [5.41, 5.74) is 6.09. The minimum Gasteiger partial charge on any atom is -0.392 e. The summed E-state index contributed by atoms with van der Waals surface area (Å²) in [6, 6.07) is 0. The van der Waals surface area contributed by atoms with Crippen molar-refractivity contribution in [3.05, 3.63) is 16.2 Å². The number of oxazole rings is 1. The molecule has 0 radical (unpaired) electrons. The summed E-state index contributed by atoms with van der Waals surface area (Å²) in [5, 5.41) is 0. The van der Waals surface area contributed by atoms with Crippen LogP contribution in [0.15, 0.2) is 9.21 Å². The molecule has 0 aliphatic carbocycles. The van der Waals surface area contributed by atoms with Gasteiger partial charge in [0.15, 0.2) is 0 Å². The van der Waals surface area contributed by atoms with E-state index in [4.69, 9.17) is 5.73 Å². The van der Waals surface area contributed by atoms with Crippen molar-refractivity contribution < 1.29 is 4.42 Å². The number of aromatic nitrogens is 1. The Balaban J connectivity index is 2.86. The number of H-pyrrole nitrogens is 1. The number of anilines is 1. The molecular weight excluding hydrogens is 144 g/mol. The average Bonchev–Trinajstić information content (AvgIpc) is 2.09. The van der Waals surface area contributed by atoms with Crippen molar-refractivity contribution in [2.45, 2.75) is 20.3 Å². The topological polar surface area (TPSA) is 72.0 Å². The van der Waals surface area contributed by atoms with E-state index >= 15 is 0 Å². The Hall–Kier alpha value is -1.19. The van der Waals surface area contributed by atoms with Crippen molar-refractivity contribution in [1.29, 1.82) is 0 Å². The highest BCUT2D eigenvalue weighted by molar-refractivity contribution is 5.29. The molecule has 0 bridgehead atoms. The number of hydrogen-bond acceptors (Lipinski definition) is 3. The molecule has 1 aromatic rings. The van der Waals surface area contributed by atoms with Gasteiger partial charge in [-0.25, -0.2) is 4.79 Å². The van der Waals surface area contributed by atoms with E-state index < -0.39 is 5.76 Å². The molecule has 0 amide bonds. The van der Waals surface area contributed by atoms with Gasteiger partial charge in [-0.1, -0.05) is 13.8 Å². The maximum Gasteiger partial charge on any atom is 0.418 e. The molecule has 1 rings (SSSR count). The highest BCUT2D eigenvalue weighted by Crippen LogP contribution is 2.10. The van der Waals surface area contributed by atoms with Gasteiger partial charge in [0, 0.05) is 0 Å². The molecule has 11 heavy (non-hydrogen) atoms. The highest BCUT2D eigenvalue weighted by atomic mass is 16.4. The monoisotopic (exact) mass is 156 g/mol. The number of rotatable bonds is 2. The van der Waals surface area contributed by atoms with Gasteiger partial charge < -0.3 is 10.2 Å². The molecule has 1 heterocycles. The number of nitrogens with two attached hydrogens (primary N) is 1. The van der Waals surface area contributed by atoms with Gasteiger partial charge in [0.2, 0.25) is 5.88 Å². The van der Waals surface area contributed by atoms with Crippen molar-refractivity contribution in [1.82, 2.24) is 4.98 Å². The van der Waals surface area contributed by atoms with Crippen LogP contribution in [0.3, 0.4) is 0 Å². The Kier molecular flexibility index (Phi) is 2.03. The Morgan fingerprint density at radius 3 is 2.64 bits per heavy atom. The van der Waals surface area contributed by atoms with Crippen LogP contribution in [-0.2, 0) is 6.42 Å². The molecular formula is C7H12N2O2. The summed E-state index contributed by atoms with van der Waals surface area (Å²) in [4.78, 5) is 13.1. The fraction of sp³-hybridized carbons (Fsp3) is 0.571.